The fourth-order valence-electron chi connectivity index (χ4n) is 2.41. The number of nitrogens with two attached hydrogens (primary N) is 1. The lowest BCUT2D eigenvalue weighted by Gasteiger charge is -2.33. The maximum atomic E-state index is 12.4. The minimum Gasteiger partial charge on any atom is -0.465 e. The maximum absolute atomic E-state index is 12.4. The molecule has 22 heavy (non-hydrogen) atoms. The first-order valence-corrected chi connectivity index (χ1v) is 7.32. The van der Waals surface area contributed by atoms with Gasteiger partial charge in [-0.25, -0.2) is 4.79 Å². The van der Waals surface area contributed by atoms with Crippen molar-refractivity contribution in [3.05, 3.63) is 35.4 Å². The second-order valence-electron chi connectivity index (χ2n) is 5.58. The van der Waals surface area contributed by atoms with E-state index in [4.69, 9.17) is 10.5 Å². The molecule has 1 aliphatic rings. The number of rotatable bonds is 4. The summed E-state index contributed by atoms with van der Waals surface area (Å²) >= 11 is 0. The number of carbonyl (C=O) groups excluding carboxylic acids is 2. The zero-order chi connectivity index (χ0) is 16.2. The third-order valence-electron chi connectivity index (χ3n) is 4.02. The Morgan fingerprint density at radius 1 is 1.27 bits per heavy atom. The fourth-order valence-corrected chi connectivity index (χ4v) is 2.41. The topological polar surface area (TPSA) is 90.7 Å². The molecule has 0 aromatic heterocycles. The molecule has 1 atom stereocenters. The Morgan fingerprint density at radius 2 is 1.86 bits per heavy atom. The van der Waals surface area contributed by atoms with E-state index >= 15 is 0 Å². The molecule has 1 amide bonds. The Labute approximate surface area is 130 Å². The average Bonchev–Trinajstić information content (AvgIpc) is 2.54. The van der Waals surface area contributed by atoms with Crippen LogP contribution in [0.15, 0.2) is 24.3 Å². The van der Waals surface area contributed by atoms with Crippen LogP contribution in [-0.4, -0.2) is 37.7 Å². The number of hydrogen-bond donors (Lipinski definition) is 2. The van der Waals surface area contributed by atoms with Gasteiger partial charge in [-0.15, -0.1) is 0 Å². The molecule has 1 saturated heterocycles. The van der Waals surface area contributed by atoms with Gasteiger partial charge in [0.25, 0.3) is 0 Å². The van der Waals surface area contributed by atoms with Crippen molar-refractivity contribution in [1.29, 1.82) is 0 Å². The molecule has 1 unspecified atom stereocenters. The largest absolute Gasteiger partial charge is 0.465 e. The highest BCUT2D eigenvalue weighted by molar-refractivity contribution is 5.89. The summed E-state index contributed by atoms with van der Waals surface area (Å²) in [5, 5.41) is 2.93. The maximum Gasteiger partial charge on any atom is 0.337 e. The van der Waals surface area contributed by atoms with Crippen LogP contribution in [0, 0.1) is 0 Å². The first-order chi connectivity index (χ1) is 10.5. The van der Waals surface area contributed by atoms with Crippen molar-refractivity contribution < 1.29 is 19.1 Å². The molecule has 0 radical (unpaired) electrons. The molecular weight excluding hydrogens is 284 g/mol. The number of methoxy groups -OCH3 is 1. The highest BCUT2D eigenvalue weighted by atomic mass is 16.5. The molecule has 1 aromatic carbocycles. The van der Waals surface area contributed by atoms with Gasteiger partial charge in [-0.1, -0.05) is 12.1 Å². The highest BCUT2D eigenvalue weighted by Gasteiger charge is 2.36. The van der Waals surface area contributed by atoms with Crippen LogP contribution >= 0.6 is 0 Å². The van der Waals surface area contributed by atoms with E-state index in [1.54, 1.807) is 24.3 Å². The molecule has 1 fully saturated rings. The van der Waals surface area contributed by atoms with Crippen LogP contribution in [0.1, 0.15) is 41.7 Å². The van der Waals surface area contributed by atoms with E-state index in [1.165, 1.54) is 7.11 Å². The lowest BCUT2D eigenvalue weighted by Crippen LogP contribution is -2.57. The molecule has 6 nitrogen and oxygen atoms in total. The summed E-state index contributed by atoms with van der Waals surface area (Å²) < 4.78 is 9.90. The summed E-state index contributed by atoms with van der Waals surface area (Å²) in [6.07, 6.45) is 1.04. The molecule has 1 aliphatic heterocycles. The van der Waals surface area contributed by atoms with Gasteiger partial charge in [0.1, 0.15) is 0 Å². The number of amides is 1. The molecule has 1 aromatic rings. The van der Waals surface area contributed by atoms with E-state index in [-0.39, 0.29) is 17.9 Å². The summed E-state index contributed by atoms with van der Waals surface area (Å²) in [5.74, 6) is -0.549. The first-order valence-electron chi connectivity index (χ1n) is 7.32. The third-order valence-corrected chi connectivity index (χ3v) is 4.02. The molecule has 0 saturated carbocycles. The first kappa shape index (κ1) is 16.5. The van der Waals surface area contributed by atoms with Gasteiger partial charge in [-0.3, -0.25) is 4.79 Å². The summed E-state index contributed by atoms with van der Waals surface area (Å²) in [7, 11) is 1.34. The van der Waals surface area contributed by atoms with E-state index < -0.39 is 5.54 Å². The Kier molecular flexibility index (Phi) is 5.15. The van der Waals surface area contributed by atoms with Crippen LogP contribution in [0.25, 0.3) is 0 Å². The minimum absolute atomic E-state index is 0.166. The molecule has 1 heterocycles. The average molecular weight is 306 g/mol. The second-order valence-corrected chi connectivity index (χ2v) is 5.58. The van der Waals surface area contributed by atoms with Crippen molar-refractivity contribution >= 4 is 11.9 Å². The number of nitrogens with one attached hydrogen (secondary N) is 1. The second kappa shape index (κ2) is 6.89. The summed E-state index contributed by atoms with van der Waals surface area (Å²) in [6.45, 7) is 2.89. The number of esters is 1. The van der Waals surface area contributed by atoms with Crippen molar-refractivity contribution in [1.82, 2.24) is 5.32 Å². The van der Waals surface area contributed by atoms with E-state index in [1.807, 2.05) is 6.92 Å². The van der Waals surface area contributed by atoms with E-state index in [0.717, 1.165) is 5.56 Å². The van der Waals surface area contributed by atoms with Crippen molar-refractivity contribution in [2.24, 2.45) is 5.73 Å². The smallest absolute Gasteiger partial charge is 0.337 e. The summed E-state index contributed by atoms with van der Waals surface area (Å²) in [5.41, 5.74) is 6.67. The molecule has 2 rings (SSSR count). The van der Waals surface area contributed by atoms with Gasteiger partial charge in [0, 0.05) is 13.2 Å². The van der Waals surface area contributed by atoms with Gasteiger partial charge < -0.3 is 20.5 Å². The van der Waals surface area contributed by atoms with Gasteiger partial charge in [0.15, 0.2) is 0 Å². The molecule has 0 bridgehead atoms. The normalized spacial score (nSPS) is 18.3. The quantitative estimate of drug-likeness (QED) is 0.815. The summed E-state index contributed by atoms with van der Waals surface area (Å²) in [6, 6.07) is 6.75. The van der Waals surface area contributed by atoms with Crippen LogP contribution in [0.5, 0.6) is 0 Å². The lowest BCUT2D eigenvalue weighted by molar-refractivity contribution is -0.130. The molecule has 3 N–H and O–H groups in total. The van der Waals surface area contributed by atoms with Gasteiger partial charge in [0.2, 0.25) is 5.91 Å². The standard InChI is InChI=1S/C16H22N2O4/c1-11(12-3-5-13(6-4-12)14(19)21-2)18-15(20)16(17)7-9-22-10-8-16/h3-6,11H,7-10,17H2,1-2H3,(H,18,20). The Morgan fingerprint density at radius 3 is 2.41 bits per heavy atom. The van der Waals surface area contributed by atoms with Crippen molar-refractivity contribution in [3.8, 4) is 0 Å². The van der Waals surface area contributed by atoms with Gasteiger partial charge in [0.05, 0.1) is 24.3 Å². The predicted molar refractivity (Wildman–Crippen MR) is 81.3 cm³/mol. The van der Waals surface area contributed by atoms with Crippen LogP contribution in [0.2, 0.25) is 0 Å². The number of hydrogen-bond acceptors (Lipinski definition) is 5. The zero-order valence-corrected chi connectivity index (χ0v) is 12.9. The predicted octanol–water partition coefficient (Wildman–Crippen LogP) is 1.16. The minimum atomic E-state index is -0.863. The lowest BCUT2D eigenvalue weighted by atomic mass is 9.90. The molecule has 6 heteroatoms. The number of benzene rings is 1. The molecular formula is C16H22N2O4. The van der Waals surface area contributed by atoms with Crippen molar-refractivity contribution in [2.75, 3.05) is 20.3 Å². The molecule has 0 aliphatic carbocycles. The third kappa shape index (κ3) is 3.64. The van der Waals surface area contributed by atoms with Crippen molar-refractivity contribution in [2.45, 2.75) is 31.3 Å². The molecule has 120 valence electrons. The molecule has 0 spiro atoms. The number of ether oxygens (including phenoxy) is 2. The highest BCUT2D eigenvalue weighted by Crippen LogP contribution is 2.20. The van der Waals surface area contributed by atoms with E-state index in [2.05, 4.69) is 10.1 Å². The zero-order valence-electron chi connectivity index (χ0n) is 12.9. The van der Waals surface area contributed by atoms with Gasteiger partial charge >= 0.3 is 5.97 Å². The van der Waals surface area contributed by atoms with E-state index in [0.29, 0.717) is 31.6 Å². The van der Waals surface area contributed by atoms with Crippen LogP contribution in [-0.2, 0) is 14.3 Å². The van der Waals surface area contributed by atoms with Gasteiger partial charge in [-0.2, -0.15) is 0 Å². The Hall–Kier alpha value is -1.92. The van der Waals surface area contributed by atoms with Crippen LogP contribution in [0.4, 0.5) is 0 Å². The van der Waals surface area contributed by atoms with E-state index in [9.17, 15) is 9.59 Å². The van der Waals surface area contributed by atoms with Gasteiger partial charge in [-0.05, 0) is 37.5 Å². The van der Waals surface area contributed by atoms with Crippen molar-refractivity contribution in [3.63, 3.8) is 0 Å². The fraction of sp³-hybridized carbons (Fsp3) is 0.500. The number of carbonyl (C=O) groups is 2. The monoisotopic (exact) mass is 306 g/mol. The Balaban J connectivity index is 2.00. The Bertz CT molecular complexity index is 536. The SMILES string of the molecule is COC(=O)c1ccc(C(C)NC(=O)C2(N)CCOCC2)cc1. The van der Waals surface area contributed by atoms with Crippen LogP contribution < -0.4 is 11.1 Å². The summed E-state index contributed by atoms with van der Waals surface area (Å²) in [4.78, 5) is 23.8. The van der Waals surface area contributed by atoms with Crippen LogP contribution in [0.3, 0.4) is 0 Å².